The molecule has 3 aromatic heterocycles. The van der Waals surface area contributed by atoms with Crippen molar-refractivity contribution in [2.24, 2.45) is 0 Å². The van der Waals surface area contributed by atoms with Crippen LogP contribution < -0.4 is 0 Å². The van der Waals surface area contributed by atoms with Crippen molar-refractivity contribution in [2.75, 3.05) is 0 Å². The summed E-state index contributed by atoms with van der Waals surface area (Å²) in [5.74, 6) is 1.88. The van der Waals surface area contributed by atoms with Crippen LogP contribution in [0.2, 0.25) is 0 Å². The predicted octanol–water partition coefficient (Wildman–Crippen LogP) is 15.0. The molecule has 0 aliphatic heterocycles. The standard InChI is InChI=1S/C59H37N5/c1-4-17-38(18-5-1)40-23-14-24-43(33-40)58-60-57(39-19-6-2-7-20-39)61-59(62-58)48-30-15-29-46-45(48)28-16-32-53(46)64-52-31-13-12-27-47(52)50-36-51-49-34-41-21-10-11-22-42(41)35-54(49)63(55(51)37-56(50)64)44-25-8-3-9-26-44/h1-37H. The van der Waals surface area contributed by atoms with Crippen LogP contribution >= 0.6 is 0 Å². The molecule has 0 amide bonds. The molecule has 5 nitrogen and oxygen atoms in total. The number of rotatable bonds is 6. The third kappa shape index (κ3) is 5.75. The van der Waals surface area contributed by atoms with Crippen LogP contribution in [0.3, 0.4) is 0 Å². The first kappa shape index (κ1) is 36.0. The van der Waals surface area contributed by atoms with E-state index in [1.165, 1.54) is 37.8 Å². The highest BCUT2D eigenvalue weighted by molar-refractivity contribution is 6.21. The summed E-state index contributed by atoms with van der Waals surface area (Å²) in [6, 6.07) is 79.9. The molecule has 0 aliphatic carbocycles. The van der Waals surface area contributed by atoms with E-state index < -0.39 is 0 Å². The van der Waals surface area contributed by atoms with Crippen molar-refractivity contribution in [3.05, 3.63) is 224 Å². The van der Waals surface area contributed by atoms with Crippen LogP contribution in [-0.4, -0.2) is 24.1 Å². The van der Waals surface area contributed by atoms with Gasteiger partial charge in [-0.3, -0.25) is 0 Å². The molecule has 0 atom stereocenters. The number of hydrogen-bond donors (Lipinski definition) is 0. The largest absolute Gasteiger partial charge is 0.309 e. The minimum absolute atomic E-state index is 0.625. The van der Waals surface area contributed by atoms with E-state index in [9.17, 15) is 0 Å². The van der Waals surface area contributed by atoms with Gasteiger partial charge in [0, 0.05) is 49.3 Å². The molecule has 3 heterocycles. The molecule has 0 aliphatic rings. The van der Waals surface area contributed by atoms with Crippen LogP contribution in [0.5, 0.6) is 0 Å². The van der Waals surface area contributed by atoms with Crippen molar-refractivity contribution in [1.29, 1.82) is 0 Å². The van der Waals surface area contributed by atoms with Gasteiger partial charge in [-0.1, -0.05) is 170 Å². The fourth-order valence-electron chi connectivity index (χ4n) is 9.77. The maximum atomic E-state index is 5.26. The molecular weight excluding hydrogens is 779 g/mol. The quantitative estimate of drug-likeness (QED) is 0.168. The van der Waals surface area contributed by atoms with Gasteiger partial charge in [0.25, 0.3) is 0 Å². The van der Waals surface area contributed by atoms with Gasteiger partial charge in [-0.2, -0.15) is 0 Å². The van der Waals surface area contributed by atoms with Crippen LogP contribution in [0, 0.1) is 0 Å². The molecule has 10 aromatic carbocycles. The first-order chi connectivity index (χ1) is 31.7. The van der Waals surface area contributed by atoms with Gasteiger partial charge in [0.1, 0.15) is 0 Å². The molecule has 0 bridgehead atoms. The molecule has 0 unspecified atom stereocenters. The molecule has 0 saturated heterocycles. The molecule has 5 heteroatoms. The second kappa shape index (κ2) is 14.5. The highest BCUT2D eigenvalue weighted by Gasteiger charge is 2.21. The third-order valence-electron chi connectivity index (χ3n) is 12.7. The van der Waals surface area contributed by atoms with E-state index in [-0.39, 0.29) is 0 Å². The van der Waals surface area contributed by atoms with Gasteiger partial charge in [-0.25, -0.2) is 15.0 Å². The predicted molar refractivity (Wildman–Crippen MR) is 265 cm³/mol. The van der Waals surface area contributed by atoms with E-state index >= 15 is 0 Å². The zero-order chi connectivity index (χ0) is 42.1. The SMILES string of the molecule is c1ccc(-c2cccc(-c3nc(-c4ccccc4)nc(-c4cccc5c(-n6c7ccccc7c7cc8c9cc%10ccccc%10cc9n(-c9ccccc9)c8cc76)cccc45)n3)c2)cc1. The van der Waals surface area contributed by atoms with Crippen molar-refractivity contribution in [2.45, 2.75) is 0 Å². The minimum Gasteiger partial charge on any atom is -0.309 e. The lowest BCUT2D eigenvalue weighted by atomic mass is 10.0. The van der Waals surface area contributed by atoms with E-state index in [0.717, 1.165) is 66.5 Å². The summed E-state index contributed by atoms with van der Waals surface area (Å²) in [5.41, 5.74) is 11.9. The van der Waals surface area contributed by atoms with Gasteiger partial charge in [0.05, 0.1) is 27.8 Å². The first-order valence-corrected chi connectivity index (χ1v) is 21.7. The lowest BCUT2D eigenvalue weighted by Crippen LogP contribution is -2.01. The summed E-state index contributed by atoms with van der Waals surface area (Å²) in [6.45, 7) is 0. The average molecular weight is 816 g/mol. The molecule has 13 aromatic rings. The first-order valence-electron chi connectivity index (χ1n) is 21.7. The second-order valence-electron chi connectivity index (χ2n) is 16.4. The van der Waals surface area contributed by atoms with Gasteiger partial charge in [0.2, 0.25) is 0 Å². The molecule has 0 fully saturated rings. The maximum Gasteiger partial charge on any atom is 0.164 e. The maximum absolute atomic E-state index is 5.26. The Labute approximate surface area is 368 Å². The molecule has 0 spiro atoms. The van der Waals surface area contributed by atoms with E-state index in [1.807, 2.05) is 24.3 Å². The summed E-state index contributed by atoms with van der Waals surface area (Å²) in [5, 5.41) is 9.52. The van der Waals surface area contributed by atoms with Crippen molar-refractivity contribution in [1.82, 2.24) is 24.1 Å². The van der Waals surface area contributed by atoms with Crippen LogP contribution in [0.1, 0.15) is 0 Å². The highest BCUT2D eigenvalue weighted by Crippen LogP contribution is 2.42. The molecule has 13 rings (SSSR count). The summed E-state index contributed by atoms with van der Waals surface area (Å²) in [7, 11) is 0. The van der Waals surface area contributed by atoms with Crippen molar-refractivity contribution < 1.29 is 0 Å². The molecule has 0 radical (unpaired) electrons. The van der Waals surface area contributed by atoms with Crippen molar-refractivity contribution in [3.8, 4) is 56.7 Å². The third-order valence-corrected chi connectivity index (χ3v) is 12.7. The Morgan fingerprint density at radius 3 is 1.61 bits per heavy atom. The van der Waals surface area contributed by atoms with Gasteiger partial charge in [-0.15, -0.1) is 0 Å². The average Bonchev–Trinajstić information content (AvgIpc) is 3.86. The lowest BCUT2D eigenvalue weighted by Gasteiger charge is -2.15. The number of hydrogen-bond acceptors (Lipinski definition) is 3. The van der Waals surface area contributed by atoms with E-state index in [4.69, 9.17) is 15.0 Å². The van der Waals surface area contributed by atoms with Crippen molar-refractivity contribution >= 4 is 65.2 Å². The zero-order valence-electron chi connectivity index (χ0n) is 34.6. The molecule has 0 N–H and O–H groups in total. The second-order valence-corrected chi connectivity index (χ2v) is 16.4. The van der Waals surface area contributed by atoms with Gasteiger partial charge >= 0.3 is 0 Å². The summed E-state index contributed by atoms with van der Waals surface area (Å²) in [4.78, 5) is 15.6. The number of para-hydroxylation sites is 2. The molecular formula is C59H37N5. The van der Waals surface area contributed by atoms with Crippen LogP contribution in [-0.2, 0) is 0 Å². The van der Waals surface area contributed by atoms with Gasteiger partial charge in [-0.05, 0) is 81.9 Å². The molecule has 298 valence electrons. The number of benzene rings is 10. The van der Waals surface area contributed by atoms with E-state index in [1.54, 1.807) is 0 Å². The van der Waals surface area contributed by atoms with Gasteiger partial charge < -0.3 is 9.13 Å². The van der Waals surface area contributed by atoms with E-state index in [0.29, 0.717) is 17.5 Å². The fourth-order valence-corrected chi connectivity index (χ4v) is 9.77. The zero-order valence-corrected chi connectivity index (χ0v) is 34.6. The van der Waals surface area contributed by atoms with Gasteiger partial charge in [0.15, 0.2) is 17.5 Å². The Balaban J connectivity index is 1.05. The summed E-state index contributed by atoms with van der Waals surface area (Å²) >= 11 is 0. The summed E-state index contributed by atoms with van der Waals surface area (Å²) in [6.07, 6.45) is 0. The fraction of sp³-hybridized carbons (Fsp3) is 0. The van der Waals surface area contributed by atoms with E-state index in [2.05, 4.69) is 209 Å². The minimum atomic E-state index is 0.625. The number of aromatic nitrogens is 5. The Kier molecular flexibility index (Phi) is 8.15. The Morgan fingerprint density at radius 1 is 0.266 bits per heavy atom. The lowest BCUT2D eigenvalue weighted by molar-refractivity contribution is 1.08. The van der Waals surface area contributed by atoms with Crippen LogP contribution in [0.25, 0.3) is 122 Å². The van der Waals surface area contributed by atoms with Crippen LogP contribution in [0.4, 0.5) is 0 Å². The molecule has 0 saturated carbocycles. The Morgan fingerprint density at radius 2 is 0.797 bits per heavy atom. The Hall–Kier alpha value is -8.67. The normalized spacial score (nSPS) is 11.8. The number of fused-ring (bicyclic) bond motifs is 8. The van der Waals surface area contributed by atoms with Crippen LogP contribution in [0.15, 0.2) is 224 Å². The molecule has 64 heavy (non-hydrogen) atoms. The topological polar surface area (TPSA) is 48.5 Å². The monoisotopic (exact) mass is 815 g/mol. The Bertz CT molecular complexity index is 3940. The highest BCUT2D eigenvalue weighted by atomic mass is 15.0. The van der Waals surface area contributed by atoms with Crippen molar-refractivity contribution in [3.63, 3.8) is 0 Å². The summed E-state index contributed by atoms with van der Waals surface area (Å²) < 4.78 is 4.88. The smallest absolute Gasteiger partial charge is 0.164 e. The number of nitrogens with zero attached hydrogens (tertiary/aromatic N) is 5.